The standard InChI is InChI=1S/C18H16N2O2S/c21-15-5-3-13(4-6-15)7-9-20-18(22)14-8-10-19-16(12-14)17-2-1-11-23-17/h1-6,8,10-12,21H,7,9H2,(H,20,22). The summed E-state index contributed by atoms with van der Waals surface area (Å²) in [7, 11) is 0. The fourth-order valence-electron chi connectivity index (χ4n) is 2.22. The molecule has 0 fully saturated rings. The molecule has 0 aliphatic heterocycles. The van der Waals surface area contributed by atoms with Crippen LogP contribution >= 0.6 is 11.3 Å². The number of benzene rings is 1. The summed E-state index contributed by atoms with van der Waals surface area (Å²) in [6.07, 6.45) is 2.37. The first-order valence-electron chi connectivity index (χ1n) is 7.28. The van der Waals surface area contributed by atoms with E-state index in [-0.39, 0.29) is 11.7 Å². The molecule has 0 bridgehead atoms. The van der Waals surface area contributed by atoms with E-state index in [0.29, 0.717) is 12.1 Å². The van der Waals surface area contributed by atoms with Crippen LogP contribution in [0.15, 0.2) is 60.1 Å². The van der Waals surface area contributed by atoms with Crippen molar-refractivity contribution in [3.63, 3.8) is 0 Å². The zero-order chi connectivity index (χ0) is 16.1. The summed E-state index contributed by atoms with van der Waals surface area (Å²) in [6, 6.07) is 14.5. The Kier molecular flexibility index (Phi) is 4.68. The molecular weight excluding hydrogens is 308 g/mol. The van der Waals surface area contributed by atoms with E-state index in [2.05, 4.69) is 10.3 Å². The molecule has 1 aromatic carbocycles. The van der Waals surface area contributed by atoms with Gasteiger partial charge in [0, 0.05) is 18.3 Å². The number of amides is 1. The Bertz CT molecular complexity index is 783. The maximum absolute atomic E-state index is 12.2. The summed E-state index contributed by atoms with van der Waals surface area (Å²) in [6.45, 7) is 0.542. The van der Waals surface area contributed by atoms with Crippen molar-refractivity contribution in [1.82, 2.24) is 10.3 Å². The first-order chi connectivity index (χ1) is 11.2. The number of nitrogens with zero attached hydrogens (tertiary/aromatic N) is 1. The molecule has 2 N–H and O–H groups in total. The van der Waals surface area contributed by atoms with Gasteiger partial charge in [-0.05, 0) is 47.7 Å². The van der Waals surface area contributed by atoms with Gasteiger partial charge in [0.25, 0.3) is 5.91 Å². The number of aromatic nitrogens is 1. The lowest BCUT2D eigenvalue weighted by atomic mass is 10.1. The van der Waals surface area contributed by atoms with Gasteiger partial charge in [0.2, 0.25) is 0 Å². The van der Waals surface area contributed by atoms with Crippen molar-refractivity contribution < 1.29 is 9.90 Å². The van der Waals surface area contributed by atoms with Crippen LogP contribution in [0.2, 0.25) is 0 Å². The molecule has 5 heteroatoms. The number of carbonyl (C=O) groups excluding carboxylic acids is 1. The molecular formula is C18H16N2O2S. The van der Waals surface area contributed by atoms with Crippen LogP contribution in [0.5, 0.6) is 5.75 Å². The van der Waals surface area contributed by atoms with E-state index in [1.165, 1.54) is 0 Å². The highest BCUT2D eigenvalue weighted by molar-refractivity contribution is 7.13. The van der Waals surface area contributed by atoms with Gasteiger partial charge >= 0.3 is 0 Å². The average Bonchev–Trinajstić information content (AvgIpc) is 3.11. The molecule has 0 spiro atoms. The van der Waals surface area contributed by atoms with Crippen LogP contribution in [-0.2, 0) is 6.42 Å². The molecule has 2 aromatic heterocycles. The number of phenolic OH excluding ortho intramolecular Hbond substituents is 1. The Morgan fingerprint density at radius 2 is 2.00 bits per heavy atom. The van der Waals surface area contributed by atoms with Crippen LogP contribution in [0, 0.1) is 0 Å². The second-order valence-corrected chi connectivity index (χ2v) is 6.03. The molecule has 116 valence electrons. The van der Waals surface area contributed by atoms with Crippen LogP contribution in [0.3, 0.4) is 0 Å². The van der Waals surface area contributed by atoms with Gasteiger partial charge < -0.3 is 10.4 Å². The third-order valence-corrected chi connectivity index (χ3v) is 4.32. The van der Waals surface area contributed by atoms with E-state index in [1.807, 2.05) is 35.7 Å². The minimum absolute atomic E-state index is 0.107. The van der Waals surface area contributed by atoms with Gasteiger partial charge in [0.15, 0.2) is 0 Å². The minimum atomic E-state index is -0.107. The molecule has 0 aliphatic carbocycles. The molecule has 3 aromatic rings. The quantitative estimate of drug-likeness (QED) is 0.755. The molecule has 0 radical (unpaired) electrons. The summed E-state index contributed by atoms with van der Waals surface area (Å²) in [5.74, 6) is 0.139. The molecule has 23 heavy (non-hydrogen) atoms. The molecule has 4 nitrogen and oxygen atoms in total. The number of carbonyl (C=O) groups is 1. The van der Waals surface area contributed by atoms with Gasteiger partial charge in [-0.2, -0.15) is 0 Å². The van der Waals surface area contributed by atoms with Gasteiger partial charge in [-0.1, -0.05) is 18.2 Å². The monoisotopic (exact) mass is 324 g/mol. The number of aromatic hydroxyl groups is 1. The van der Waals surface area contributed by atoms with E-state index in [9.17, 15) is 9.90 Å². The van der Waals surface area contributed by atoms with Crippen molar-refractivity contribution in [2.45, 2.75) is 6.42 Å². The fraction of sp³-hybridized carbons (Fsp3) is 0.111. The predicted molar refractivity (Wildman–Crippen MR) is 91.7 cm³/mol. The third kappa shape index (κ3) is 3.96. The summed E-state index contributed by atoms with van der Waals surface area (Å²) in [5.41, 5.74) is 2.48. The Labute approximate surface area is 138 Å². The van der Waals surface area contributed by atoms with Crippen molar-refractivity contribution in [3.8, 4) is 16.3 Å². The SMILES string of the molecule is O=C(NCCc1ccc(O)cc1)c1ccnc(-c2cccs2)c1. The Balaban J connectivity index is 1.60. The molecule has 0 atom stereocenters. The summed E-state index contributed by atoms with van der Waals surface area (Å²) < 4.78 is 0. The fourth-order valence-corrected chi connectivity index (χ4v) is 2.91. The van der Waals surface area contributed by atoms with Crippen LogP contribution < -0.4 is 5.32 Å². The lowest BCUT2D eigenvalue weighted by molar-refractivity contribution is 0.0954. The Morgan fingerprint density at radius 3 is 2.74 bits per heavy atom. The zero-order valence-corrected chi connectivity index (χ0v) is 13.2. The van der Waals surface area contributed by atoms with Crippen molar-refractivity contribution in [3.05, 3.63) is 71.2 Å². The van der Waals surface area contributed by atoms with Crippen LogP contribution in [0.4, 0.5) is 0 Å². The van der Waals surface area contributed by atoms with Gasteiger partial charge in [0.1, 0.15) is 5.75 Å². The Morgan fingerprint density at radius 1 is 1.17 bits per heavy atom. The van der Waals surface area contributed by atoms with Crippen LogP contribution in [0.1, 0.15) is 15.9 Å². The van der Waals surface area contributed by atoms with Gasteiger partial charge in [-0.3, -0.25) is 9.78 Å². The molecule has 0 saturated carbocycles. The van der Waals surface area contributed by atoms with E-state index in [0.717, 1.165) is 22.6 Å². The van der Waals surface area contributed by atoms with E-state index < -0.39 is 0 Å². The molecule has 0 aliphatic rings. The van der Waals surface area contributed by atoms with Gasteiger partial charge in [0.05, 0.1) is 10.6 Å². The highest BCUT2D eigenvalue weighted by Crippen LogP contribution is 2.22. The number of thiophene rings is 1. The van der Waals surface area contributed by atoms with Crippen molar-refractivity contribution in [2.24, 2.45) is 0 Å². The molecule has 0 saturated heterocycles. The van der Waals surface area contributed by atoms with E-state index in [4.69, 9.17) is 0 Å². The summed E-state index contributed by atoms with van der Waals surface area (Å²) >= 11 is 1.60. The second kappa shape index (κ2) is 7.07. The first kappa shape index (κ1) is 15.2. The summed E-state index contributed by atoms with van der Waals surface area (Å²) in [4.78, 5) is 17.6. The maximum Gasteiger partial charge on any atom is 0.251 e. The molecule has 3 rings (SSSR count). The van der Waals surface area contributed by atoms with Crippen molar-refractivity contribution in [2.75, 3.05) is 6.54 Å². The predicted octanol–water partition coefficient (Wildman–Crippen LogP) is 3.49. The van der Waals surface area contributed by atoms with Crippen LogP contribution in [0.25, 0.3) is 10.6 Å². The highest BCUT2D eigenvalue weighted by atomic mass is 32.1. The highest BCUT2D eigenvalue weighted by Gasteiger charge is 2.08. The second-order valence-electron chi connectivity index (χ2n) is 5.08. The third-order valence-electron chi connectivity index (χ3n) is 3.43. The largest absolute Gasteiger partial charge is 0.508 e. The summed E-state index contributed by atoms with van der Waals surface area (Å²) in [5, 5.41) is 14.1. The van der Waals surface area contributed by atoms with Gasteiger partial charge in [-0.25, -0.2) is 0 Å². The van der Waals surface area contributed by atoms with Crippen molar-refractivity contribution >= 4 is 17.2 Å². The van der Waals surface area contributed by atoms with E-state index in [1.54, 1.807) is 35.7 Å². The molecule has 0 unspecified atom stereocenters. The number of rotatable bonds is 5. The van der Waals surface area contributed by atoms with Crippen LogP contribution in [-0.4, -0.2) is 22.5 Å². The first-order valence-corrected chi connectivity index (χ1v) is 8.16. The molecule has 2 heterocycles. The number of phenols is 1. The van der Waals surface area contributed by atoms with E-state index >= 15 is 0 Å². The average molecular weight is 324 g/mol. The topological polar surface area (TPSA) is 62.2 Å². The normalized spacial score (nSPS) is 10.4. The smallest absolute Gasteiger partial charge is 0.251 e. The Hall–Kier alpha value is -2.66. The lowest BCUT2D eigenvalue weighted by Gasteiger charge is -2.06. The van der Waals surface area contributed by atoms with Gasteiger partial charge in [-0.15, -0.1) is 11.3 Å². The minimum Gasteiger partial charge on any atom is -0.508 e. The maximum atomic E-state index is 12.2. The lowest BCUT2D eigenvalue weighted by Crippen LogP contribution is -2.25. The number of nitrogens with one attached hydrogen (secondary N) is 1. The number of pyridine rings is 1. The number of hydrogen-bond donors (Lipinski definition) is 2. The number of hydrogen-bond acceptors (Lipinski definition) is 4. The van der Waals surface area contributed by atoms with Crippen molar-refractivity contribution in [1.29, 1.82) is 0 Å². The zero-order valence-electron chi connectivity index (χ0n) is 12.4. The molecule has 1 amide bonds.